The molecule has 1 heterocycles. The fourth-order valence-corrected chi connectivity index (χ4v) is 3.60. The summed E-state index contributed by atoms with van der Waals surface area (Å²) in [5.74, 6) is 1.48. The van der Waals surface area contributed by atoms with Gasteiger partial charge in [-0.05, 0) is 31.4 Å². The van der Waals surface area contributed by atoms with Gasteiger partial charge in [0.1, 0.15) is 11.0 Å². The van der Waals surface area contributed by atoms with Crippen LogP contribution in [0.25, 0.3) is 0 Å². The second-order valence-corrected chi connectivity index (χ2v) is 6.21. The summed E-state index contributed by atoms with van der Waals surface area (Å²) >= 11 is 14.0. The van der Waals surface area contributed by atoms with Crippen molar-refractivity contribution in [1.29, 1.82) is 0 Å². The zero-order valence-electron chi connectivity index (χ0n) is 10.2. The summed E-state index contributed by atoms with van der Waals surface area (Å²) in [6.07, 6.45) is 3.15. The number of aromatic nitrogens is 2. The molecule has 0 unspecified atom stereocenters. The van der Waals surface area contributed by atoms with E-state index < -0.39 is 0 Å². The van der Waals surface area contributed by atoms with Crippen molar-refractivity contribution in [2.45, 2.75) is 29.9 Å². The van der Waals surface area contributed by atoms with Gasteiger partial charge in [-0.1, -0.05) is 35.3 Å². The number of aryl methyl sites for hydroxylation is 1. The van der Waals surface area contributed by atoms with Crippen LogP contribution in [0.2, 0.25) is 10.2 Å². The summed E-state index contributed by atoms with van der Waals surface area (Å²) in [7, 11) is 0. The van der Waals surface area contributed by atoms with Crippen LogP contribution in [0.3, 0.4) is 0 Å². The first-order valence-corrected chi connectivity index (χ1v) is 7.89. The SMILES string of the molecule is Clc1ccccc1SCc1nc(Cl)c2c(n1)CCC2. The van der Waals surface area contributed by atoms with Crippen molar-refractivity contribution in [3.63, 3.8) is 0 Å². The molecule has 2 nitrogen and oxygen atoms in total. The maximum absolute atomic E-state index is 6.20. The van der Waals surface area contributed by atoms with E-state index in [0.717, 1.165) is 46.3 Å². The summed E-state index contributed by atoms with van der Waals surface area (Å²) in [4.78, 5) is 10.0. The molecule has 1 aromatic carbocycles. The average Bonchev–Trinajstić information content (AvgIpc) is 2.87. The van der Waals surface area contributed by atoms with E-state index in [2.05, 4.69) is 9.97 Å². The van der Waals surface area contributed by atoms with Crippen LogP contribution in [0, 0.1) is 0 Å². The molecule has 0 saturated heterocycles. The first-order chi connectivity index (χ1) is 9.24. The molecule has 3 rings (SSSR count). The standard InChI is InChI=1S/C14H12Cl2N2S/c15-10-5-1-2-7-12(10)19-8-13-17-11-6-3-4-9(11)14(16)18-13/h1-2,5,7H,3-4,6,8H2. The van der Waals surface area contributed by atoms with Crippen LogP contribution in [-0.2, 0) is 18.6 Å². The van der Waals surface area contributed by atoms with Crippen molar-refractivity contribution in [2.24, 2.45) is 0 Å². The van der Waals surface area contributed by atoms with Gasteiger partial charge in [-0.3, -0.25) is 0 Å². The van der Waals surface area contributed by atoms with E-state index in [-0.39, 0.29) is 0 Å². The van der Waals surface area contributed by atoms with Crippen molar-refractivity contribution >= 4 is 35.0 Å². The second kappa shape index (κ2) is 5.70. The number of halogens is 2. The average molecular weight is 311 g/mol. The highest BCUT2D eigenvalue weighted by molar-refractivity contribution is 7.98. The highest BCUT2D eigenvalue weighted by atomic mass is 35.5. The molecular weight excluding hydrogens is 299 g/mol. The Morgan fingerprint density at radius 2 is 1.95 bits per heavy atom. The zero-order valence-corrected chi connectivity index (χ0v) is 12.5. The largest absolute Gasteiger partial charge is 0.237 e. The zero-order chi connectivity index (χ0) is 13.2. The van der Waals surface area contributed by atoms with E-state index >= 15 is 0 Å². The monoisotopic (exact) mass is 310 g/mol. The Hall–Kier alpha value is -0.770. The van der Waals surface area contributed by atoms with E-state index in [1.54, 1.807) is 11.8 Å². The molecule has 2 aromatic rings. The molecule has 0 fully saturated rings. The van der Waals surface area contributed by atoms with E-state index in [4.69, 9.17) is 23.2 Å². The van der Waals surface area contributed by atoms with E-state index in [9.17, 15) is 0 Å². The molecule has 0 atom stereocenters. The highest BCUT2D eigenvalue weighted by Crippen LogP contribution is 2.31. The van der Waals surface area contributed by atoms with Gasteiger partial charge in [0.05, 0.1) is 10.8 Å². The van der Waals surface area contributed by atoms with Crippen molar-refractivity contribution in [1.82, 2.24) is 9.97 Å². The maximum Gasteiger partial charge on any atom is 0.140 e. The molecule has 1 aromatic heterocycles. The highest BCUT2D eigenvalue weighted by Gasteiger charge is 2.18. The summed E-state index contributed by atoms with van der Waals surface area (Å²) in [5, 5.41) is 1.39. The van der Waals surface area contributed by atoms with Crippen LogP contribution in [0.1, 0.15) is 23.5 Å². The van der Waals surface area contributed by atoms with Gasteiger partial charge >= 0.3 is 0 Å². The molecule has 19 heavy (non-hydrogen) atoms. The molecule has 98 valence electrons. The Morgan fingerprint density at radius 1 is 1.11 bits per heavy atom. The number of nitrogens with zero attached hydrogens (tertiary/aromatic N) is 2. The summed E-state index contributed by atoms with van der Waals surface area (Å²) in [6, 6.07) is 7.79. The molecule has 0 spiro atoms. The topological polar surface area (TPSA) is 25.8 Å². The predicted octanol–water partition coefficient (Wildman–Crippen LogP) is 4.56. The van der Waals surface area contributed by atoms with Gasteiger partial charge in [0.2, 0.25) is 0 Å². The molecule has 0 bridgehead atoms. The smallest absolute Gasteiger partial charge is 0.140 e. The summed E-state index contributed by atoms with van der Waals surface area (Å²) in [5.41, 5.74) is 2.25. The predicted molar refractivity (Wildman–Crippen MR) is 80.1 cm³/mol. The molecule has 0 aliphatic heterocycles. The fourth-order valence-electron chi connectivity index (χ4n) is 2.20. The van der Waals surface area contributed by atoms with Crippen LogP contribution < -0.4 is 0 Å². The lowest BCUT2D eigenvalue weighted by Gasteiger charge is -2.06. The number of hydrogen-bond acceptors (Lipinski definition) is 3. The van der Waals surface area contributed by atoms with Gasteiger partial charge in [-0.25, -0.2) is 9.97 Å². The van der Waals surface area contributed by atoms with Crippen molar-refractivity contribution in [2.75, 3.05) is 0 Å². The summed E-state index contributed by atoms with van der Waals surface area (Å²) < 4.78 is 0. The van der Waals surface area contributed by atoms with Gasteiger partial charge in [-0.2, -0.15) is 0 Å². The first-order valence-electron chi connectivity index (χ1n) is 6.15. The van der Waals surface area contributed by atoms with Crippen LogP contribution in [0.15, 0.2) is 29.2 Å². The third-order valence-electron chi connectivity index (χ3n) is 3.12. The van der Waals surface area contributed by atoms with Crippen LogP contribution in [0.5, 0.6) is 0 Å². The lowest BCUT2D eigenvalue weighted by Crippen LogP contribution is -1.99. The Labute approximate surface area is 126 Å². The molecule has 0 saturated carbocycles. The van der Waals surface area contributed by atoms with E-state index in [1.165, 1.54) is 0 Å². The van der Waals surface area contributed by atoms with Crippen LogP contribution >= 0.6 is 35.0 Å². The quantitative estimate of drug-likeness (QED) is 0.613. The molecule has 5 heteroatoms. The maximum atomic E-state index is 6.20. The van der Waals surface area contributed by atoms with Crippen LogP contribution in [-0.4, -0.2) is 9.97 Å². The minimum atomic E-state index is 0.622. The van der Waals surface area contributed by atoms with Gasteiger partial charge in [0, 0.05) is 16.2 Å². The Balaban J connectivity index is 1.78. The summed E-state index contributed by atoms with van der Waals surface area (Å²) in [6.45, 7) is 0. The minimum Gasteiger partial charge on any atom is -0.237 e. The first kappa shape index (κ1) is 13.2. The normalized spacial score (nSPS) is 13.6. The molecule has 0 amide bonds. The van der Waals surface area contributed by atoms with Crippen LogP contribution in [0.4, 0.5) is 0 Å². The molecule has 0 radical (unpaired) electrons. The lowest BCUT2D eigenvalue weighted by atomic mass is 10.3. The Bertz CT molecular complexity index is 616. The minimum absolute atomic E-state index is 0.622. The molecule has 1 aliphatic carbocycles. The third kappa shape index (κ3) is 2.88. The van der Waals surface area contributed by atoms with Gasteiger partial charge in [0.15, 0.2) is 0 Å². The van der Waals surface area contributed by atoms with Gasteiger partial charge in [-0.15, -0.1) is 11.8 Å². The van der Waals surface area contributed by atoms with Crippen molar-refractivity contribution < 1.29 is 0 Å². The Morgan fingerprint density at radius 3 is 2.79 bits per heavy atom. The van der Waals surface area contributed by atoms with Crippen molar-refractivity contribution in [3.05, 3.63) is 51.5 Å². The lowest BCUT2D eigenvalue weighted by molar-refractivity contribution is 0.893. The second-order valence-electron chi connectivity index (χ2n) is 4.43. The number of thioether (sulfide) groups is 1. The third-order valence-corrected chi connectivity index (χ3v) is 4.95. The number of rotatable bonds is 3. The number of fused-ring (bicyclic) bond motifs is 1. The van der Waals surface area contributed by atoms with Gasteiger partial charge < -0.3 is 0 Å². The molecule has 0 N–H and O–H groups in total. The molecular formula is C14H12Cl2N2S. The fraction of sp³-hybridized carbons (Fsp3) is 0.286. The van der Waals surface area contributed by atoms with Crippen molar-refractivity contribution in [3.8, 4) is 0 Å². The Kier molecular flexibility index (Phi) is 3.96. The van der Waals surface area contributed by atoms with E-state index in [1.807, 2.05) is 24.3 Å². The number of benzene rings is 1. The van der Waals surface area contributed by atoms with E-state index in [0.29, 0.717) is 10.9 Å². The van der Waals surface area contributed by atoms with Gasteiger partial charge in [0.25, 0.3) is 0 Å². The molecule has 1 aliphatic rings. The number of hydrogen-bond donors (Lipinski definition) is 0.